The van der Waals surface area contributed by atoms with Crippen LogP contribution in [-0.4, -0.2) is 32.3 Å². The molecule has 144 valence electrons. The largest absolute Gasteiger partial charge is 0.378 e. The summed E-state index contributed by atoms with van der Waals surface area (Å²) >= 11 is 1.77. The Morgan fingerprint density at radius 3 is 2.76 bits per heavy atom. The van der Waals surface area contributed by atoms with E-state index in [0.29, 0.717) is 12.1 Å². The Hall–Kier alpha value is -0.340. The maximum atomic E-state index is 5.97. The first-order valence-electron chi connectivity index (χ1n) is 9.42. The lowest BCUT2D eigenvalue weighted by atomic mass is 9.98. The van der Waals surface area contributed by atoms with Crippen molar-refractivity contribution in [2.75, 3.05) is 20.2 Å². The van der Waals surface area contributed by atoms with Crippen LogP contribution in [0.3, 0.4) is 0 Å². The number of hydrogen-bond acceptors (Lipinski definition) is 3. The fourth-order valence-corrected chi connectivity index (χ4v) is 3.84. The molecule has 0 spiro atoms. The topological polar surface area (TPSA) is 45.7 Å². The van der Waals surface area contributed by atoms with Gasteiger partial charge in [0.05, 0.1) is 12.1 Å². The second kappa shape index (κ2) is 13.8. The molecule has 1 heterocycles. The minimum atomic E-state index is 0. The molecule has 0 saturated heterocycles. The summed E-state index contributed by atoms with van der Waals surface area (Å²) in [7, 11) is 1.83. The van der Waals surface area contributed by atoms with Gasteiger partial charge in [-0.05, 0) is 50.5 Å². The summed E-state index contributed by atoms with van der Waals surface area (Å²) in [5, 5.41) is 8.95. The number of ether oxygens (including phenoxy) is 1. The highest BCUT2D eigenvalue weighted by Crippen LogP contribution is 2.20. The van der Waals surface area contributed by atoms with E-state index in [1.165, 1.54) is 43.4 Å². The van der Waals surface area contributed by atoms with Crippen LogP contribution in [0, 0.1) is 0 Å². The van der Waals surface area contributed by atoms with E-state index in [1.807, 2.05) is 7.05 Å². The number of rotatable bonds is 9. The third-order valence-corrected chi connectivity index (χ3v) is 5.62. The monoisotopic (exact) mass is 479 g/mol. The molecule has 1 fully saturated rings. The molecule has 6 heteroatoms. The van der Waals surface area contributed by atoms with Crippen molar-refractivity contribution in [3.63, 3.8) is 0 Å². The van der Waals surface area contributed by atoms with E-state index in [0.717, 1.165) is 32.0 Å². The molecule has 1 aliphatic rings. The van der Waals surface area contributed by atoms with Gasteiger partial charge in [0, 0.05) is 25.1 Å². The minimum Gasteiger partial charge on any atom is -0.378 e. The number of thiophene rings is 1. The third-order valence-electron chi connectivity index (χ3n) is 4.57. The lowest BCUT2D eigenvalue weighted by Crippen LogP contribution is -2.38. The first-order valence-corrected chi connectivity index (χ1v) is 10.3. The van der Waals surface area contributed by atoms with Crippen LogP contribution >= 0.6 is 35.3 Å². The van der Waals surface area contributed by atoms with E-state index >= 15 is 0 Å². The van der Waals surface area contributed by atoms with Crippen molar-refractivity contribution in [1.82, 2.24) is 10.6 Å². The predicted octanol–water partition coefficient (Wildman–Crippen LogP) is 5.11. The fraction of sp³-hybridized carbons (Fsp3) is 0.737. The summed E-state index contributed by atoms with van der Waals surface area (Å²) in [6.07, 6.45) is 10.7. The minimum absolute atomic E-state index is 0. The average Bonchev–Trinajstić information content (AvgIpc) is 3.15. The highest BCUT2D eigenvalue weighted by molar-refractivity contribution is 14.0. The Labute approximate surface area is 174 Å². The second-order valence-electron chi connectivity index (χ2n) is 6.57. The van der Waals surface area contributed by atoms with Gasteiger partial charge >= 0.3 is 0 Å². The van der Waals surface area contributed by atoms with E-state index in [2.05, 4.69) is 40.1 Å². The van der Waals surface area contributed by atoms with Gasteiger partial charge in [-0.25, -0.2) is 0 Å². The first kappa shape index (κ1) is 22.7. The van der Waals surface area contributed by atoms with Crippen molar-refractivity contribution < 1.29 is 4.74 Å². The summed E-state index contributed by atoms with van der Waals surface area (Å²) in [6, 6.07) is 4.53. The van der Waals surface area contributed by atoms with Gasteiger partial charge < -0.3 is 15.4 Å². The second-order valence-corrected chi connectivity index (χ2v) is 7.55. The zero-order chi connectivity index (χ0) is 17.0. The highest BCUT2D eigenvalue weighted by Gasteiger charge is 2.13. The average molecular weight is 479 g/mol. The molecule has 25 heavy (non-hydrogen) atoms. The smallest absolute Gasteiger partial charge is 0.191 e. The Kier molecular flexibility index (Phi) is 12.5. The van der Waals surface area contributed by atoms with Crippen LogP contribution in [0.5, 0.6) is 0 Å². The number of nitrogens with one attached hydrogen (secondary N) is 2. The van der Waals surface area contributed by atoms with Crippen molar-refractivity contribution in [3.8, 4) is 0 Å². The van der Waals surface area contributed by atoms with Gasteiger partial charge in [-0.2, -0.15) is 0 Å². The van der Waals surface area contributed by atoms with Crippen molar-refractivity contribution in [3.05, 3.63) is 22.4 Å². The predicted molar refractivity (Wildman–Crippen MR) is 119 cm³/mol. The number of nitrogens with zero attached hydrogens (tertiary/aromatic N) is 1. The molecule has 1 aromatic heterocycles. The van der Waals surface area contributed by atoms with Crippen LogP contribution in [0.4, 0.5) is 0 Å². The van der Waals surface area contributed by atoms with Crippen LogP contribution in [0.15, 0.2) is 22.5 Å². The summed E-state index contributed by atoms with van der Waals surface area (Å²) in [4.78, 5) is 5.64. The van der Waals surface area contributed by atoms with Gasteiger partial charge in [-0.3, -0.25) is 4.99 Å². The number of halogens is 1. The third kappa shape index (κ3) is 9.24. The molecule has 1 atom stereocenters. The number of hydrogen-bond donors (Lipinski definition) is 2. The zero-order valence-corrected chi connectivity index (χ0v) is 18.8. The molecule has 1 aromatic rings. The Morgan fingerprint density at radius 1 is 1.28 bits per heavy atom. The van der Waals surface area contributed by atoms with Crippen molar-refractivity contribution in [1.29, 1.82) is 0 Å². The molecule has 1 saturated carbocycles. The van der Waals surface area contributed by atoms with Crippen LogP contribution in [0.2, 0.25) is 0 Å². The molecule has 0 amide bonds. The van der Waals surface area contributed by atoms with Gasteiger partial charge in [-0.15, -0.1) is 35.3 Å². The van der Waals surface area contributed by atoms with Gasteiger partial charge in [0.25, 0.3) is 0 Å². The van der Waals surface area contributed by atoms with E-state index in [1.54, 1.807) is 11.3 Å². The van der Waals surface area contributed by atoms with E-state index in [-0.39, 0.29) is 24.0 Å². The number of unbranched alkanes of at least 4 members (excludes halogenated alkanes) is 2. The number of aliphatic imine (C=N–C) groups is 1. The summed E-state index contributed by atoms with van der Waals surface area (Å²) in [6.45, 7) is 4.05. The van der Waals surface area contributed by atoms with Gasteiger partial charge in [0.15, 0.2) is 5.96 Å². The van der Waals surface area contributed by atoms with Crippen LogP contribution < -0.4 is 10.6 Å². The van der Waals surface area contributed by atoms with E-state index in [9.17, 15) is 0 Å². The molecular weight excluding hydrogens is 445 g/mol. The van der Waals surface area contributed by atoms with Gasteiger partial charge in [0.1, 0.15) is 0 Å². The standard InChI is InChI=1S/C19H33N3OS.HI/c1-16(18-12-9-15-24-18)22-19(20-2)21-13-7-4-8-14-23-17-10-5-3-6-11-17;/h9,12,15-17H,3-8,10-11,13-14H2,1-2H3,(H2,20,21,22);1H. The van der Waals surface area contributed by atoms with Crippen LogP contribution in [0.1, 0.15) is 69.2 Å². The first-order chi connectivity index (χ1) is 11.8. The quantitative estimate of drug-likeness (QED) is 0.224. The van der Waals surface area contributed by atoms with E-state index < -0.39 is 0 Å². The molecular formula is C19H34IN3OS. The van der Waals surface area contributed by atoms with Crippen molar-refractivity contribution in [2.24, 2.45) is 4.99 Å². The summed E-state index contributed by atoms with van der Waals surface area (Å²) < 4.78 is 5.97. The normalized spacial score (nSPS) is 17.0. The lowest BCUT2D eigenvalue weighted by Gasteiger charge is -2.21. The van der Waals surface area contributed by atoms with E-state index in [4.69, 9.17) is 4.74 Å². The number of guanidine groups is 1. The molecule has 1 aliphatic carbocycles. The zero-order valence-electron chi connectivity index (χ0n) is 15.6. The highest BCUT2D eigenvalue weighted by atomic mass is 127. The summed E-state index contributed by atoms with van der Waals surface area (Å²) in [5.41, 5.74) is 0. The maximum absolute atomic E-state index is 5.97. The molecule has 2 rings (SSSR count). The molecule has 0 aliphatic heterocycles. The Balaban J connectivity index is 0.00000312. The van der Waals surface area contributed by atoms with Gasteiger partial charge in [0.2, 0.25) is 0 Å². The molecule has 0 bridgehead atoms. The molecule has 4 nitrogen and oxygen atoms in total. The molecule has 1 unspecified atom stereocenters. The fourth-order valence-electron chi connectivity index (χ4n) is 3.10. The van der Waals surface area contributed by atoms with Crippen molar-refractivity contribution in [2.45, 2.75) is 70.4 Å². The van der Waals surface area contributed by atoms with Crippen LogP contribution in [0.25, 0.3) is 0 Å². The molecule has 0 radical (unpaired) electrons. The molecule has 0 aromatic carbocycles. The maximum Gasteiger partial charge on any atom is 0.191 e. The SMILES string of the molecule is CN=C(NCCCCCOC1CCCCC1)NC(C)c1cccs1.I. The lowest BCUT2D eigenvalue weighted by molar-refractivity contribution is 0.0264. The van der Waals surface area contributed by atoms with Gasteiger partial charge in [-0.1, -0.05) is 25.3 Å². The summed E-state index contributed by atoms with van der Waals surface area (Å²) in [5.74, 6) is 0.884. The Bertz CT molecular complexity index is 461. The Morgan fingerprint density at radius 2 is 2.08 bits per heavy atom. The van der Waals surface area contributed by atoms with Crippen LogP contribution in [-0.2, 0) is 4.74 Å². The van der Waals surface area contributed by atoms with Crippen molar-refractivity contribution >= 4 is 41.3 Å². The molecule has 2 N–H and O–H groups in total.